The molecule has 5 aliphatic carbocycles. The van der Waals surface area contributed by atoms with E-state index in [1.54, 1.807) is 0 Å². The van der Waals surface area contributed by atoms with Gasteiger partial charge in [-0.1, -0.05) is 26.0 Å². The van der Waals surface area contributed by atoms with Gasteiger partial charge in [-0.25, -0.2) is 0 Å². The van der Waals surface area contributed by atoms with Crippen molar-refractivity contribution in [2.24, 2.45) is 45.8 Å². The number of hydrogen-bond acceptors (Lipinski definition) is 6. The molecule has 7 heteroatoms. The topological polar surface area (TPSA) is 118 Å². The number of allylic oxidation sites excluding steroid dienone is 3. The Bertz CT molecular complexity index is 1030. The van der Waals surface area contributed by atoms with Crippen LogP contribution in [0.5, 0.6) is 0 Å². The molecule has 0 aromatic heterocycles. The van der Waals surface area contributed by atoms with Gasteiger partial charge < -0.3 is 14.9 Å². The molecule has 2 N–H and O–H groups in total. The van der Waals surface area contributed by atoms with Crippen LogP contribution < -0.4 is 0 Å². The van der Waals surface area contributed by atoms with E-state index in [1.807, 2.05) is 26.0 Å². The van der Waals surface area contributed by atoms with Crippen LogP contribution in [0.4, 0.5) is 0 Å². The summed E-state index contributed by atoms with van der Waals surface area (Å²) in [7, 11) is 0. The lowest BCUT2D eigenvalue weighted by molar-refractivity contribution is -0.149. The van der Waals surface area contributed by atoms with Gasteiger partial charge in [0.25, 0.3) is 6.47 Å². The average Bonchev–Trinajstić information content (AvgIpc) is 3.46. The third-order valence-corrected chi connectivity index (χ3v) is 11.4. The second-order valence-electron chi connectivity index (χ2n) is 12.8. The zero-order chi connectivity index (χ0) is 27.9. The molecule has 0 aliphatic heterocycles. The third kappa shape index (κ3) is 4.48. The minimum absolute atomic E-state index is 0.0305. The van der Waals surface area contributed by atoms with Crippen molar-refractivity contribution in [2.75, 3.05) is 6.61 Å². The zero-order valence-electron chi connectivity index (χ0n) is 23.3. The number of ether oxygens (including phenoxy) is 1. The van der Waals surface area contributed by atoms with Crippen LogP contribution in [-0.4, -0.2) is 46.9 Å². The average molecular weight is 529 g/mol. The van der Waals surface area contributed by atoms with Crippen LogP contribution in [0.3, 0.4) is 0 Å². The normalized spacial score (nSPS) is 41.3. The Morgan fingerprint density at radius 2 is 1.95 bits per heavy atom. The van der Waals surface area contributed by atoms with Crippen LogP contribution in [0.25, 0.3) is 0 Å². The van der Waals surface area contributed by atoms with Crippen LogP contribution in [0.2, 0.25) is 0 Å². The maximum atomic E-state index is 13.1. The summed E-state index contributed by atoms with van der Waals surface area (Å²) in [6, 6.07) is 0. The molecule has 9 unspecified atom stereocenters. The quantitative estimate of drug-likeness (QED) is 0.274. The zero-order valence-corrected chi connectivity index (χ0v) is 23.3. The van der Waals surface area contributed by atoms with E-state index in [0.29, 0.717) is 47.4 Å². The van der Waals surface area contributed by atoms with E-state index in [1.165, 1.54) is 26.2 Å². The van der Waals surface area contributed by atoms with E-state index in [4.69, 9.17) is 14.6 Å². The first-order valence-corrected chi connectivity index (χ1v) is 14.3. The van der Waals surface area contributed by atoms with Gasteiger partial charge in [-0.15, -0.1) is 0 Å². The predicted octanol–water partition coefficient (Wildman–Crippen LogP) is 4.91. The number of fused-ring (bicyclic) bond motifs is 2. The molecule has 38 heavy (non-hydrogen) atoms. The van der Waals surface area contributed by atoms with E-state index in [9.17, 15) is 19.5 Å². The van der Waals surface area contributed by atoms with Crippen molar-refractivity contribution in [3.8, 4) is 0 Å². The van der Waals surface area contributed by atoms with Crippen molar-refractivity contribution in [1.82, 2.24) is 0 Å². The van der Waals surface area contributed by atoms with Crippen LogP contribution >= 0.6 is 0 Å². The van der Waals surface area contributed by atoms with Gasteiger partial charge in [-0.05, 0) is 97.5 Å². The molecule has 7 nitrogen and oxygen atoms in total. The summed E-state index contributed by atoms with van der Waals surface area (Å²) in [6.45, 7) is 7.37. The lowest BCUT2D eigenvalue weighted by Crippen LogP contribution is -2.48. The highest BCUT2D eigenvalue weighted by molar-refractivity contribution is 5.95. The third-order valence-electron chi connectivity index (χ3n) is 11.4. The van der Waals surface area contributed by atoms with Crippen molar-refractivity contribution in [1.29, 1.82) is 0 Å². The van der Waals surface area contributed by atoms with E-state index in [2.05, 4.69) is 13.0 Å². The van der Waals surface area contributed by atoms with Crippen molar-refractivity contribution >= 4 is 24.0 Å². The monoisotopic (exact) mass is 528 g/mol. The summed E-state index contributed by atoms with van der Waals surface area (Å²) in [6.07, 6.45) is 14.4. The van der Waals surface area contributed by atoms with E-state index in [-0.39, 0.29) is 53.6 Å². The number of aliphatic hydroxyl groups is 1. The van der Waals surface area contributed by atoms with Gasteiger partial charge in [0.1, 0.15) is 6.10 Å². The lowest BCUT2D eigenvalue weighted by atomic mass is 9.50. The maximum Gasteiger partial charge on any atom is 0.302 e. The number of ketones is 2. The molecular weight excluding hydrogens is 484 g/mol. The molecule has 2 spiro atoms. The first-order chi connectivity index (χ1) is 18.0. The Balaban J connectivity index is 0.00000107. The fourth-order valence-electron chi connectivity index (χ4n) is 9.69. The minimum Gasteiger partial charge on any atom is -0.483 e. The molecule has 0 radical (unpaired) electrons. The standard InChI is InChI=1S/C30H42O5.CH2O2/c1-5-22(18(2)16-31)26(34)9-8-24-27(35-19(3)32)15-25-23-7-6-20-14-21(33)10-11-29(20)17-30(23,29)13-12-28(24,25)4;2-1-3/h5,10-11,18,20,23-25,27,31H,6-9,12-17H2,1-4H3;1H,(H,2,3)/b22-5-;. The second-order valence-corrected chi connectivity index (χ2v) is 12.8. The van der Waals surface area contributed by atoms with Crippen molar-refractivity contribution in [3.05, 3.63) is 23.8 Å². The number of carbonyl (C=O) groups excluding carboxylic acids is 3. The highest BCUT2D eigenvalue weighted by Gasteiger charge is 2.78. The van der Waals surface area contributed by atoms with Gasteiger partial charge in [0, 0.05) is 38.2 Å². The molecule has 0 bridgehead atoms. The Hall–Kier alpha value is -2.28. The van der Waals surface area contributed by atoms with E-state index < -0.39 is 0 Å². The molecule has 5 aliphatic rings. The van der Waals surface area contributed by atoms with Gasteiger partial charge in [-0.2, -0.15) is 0 Å². The summed E-state index contributed by atoms with van der Waals surface area (Å²) in [4.78, 5) is 45.6. The number of Topliss-reactive ketones (excluding diaryl/α,β-unsaturated/α-hetero) is 1. The lowest BCUT2D eigenvalue weighted by Gasteiger charge is -2.54. The fraction of sp³-hybridized carbons (Fsp3) is 0.742. The number of esters is 1. The number of hydrogen-bond donors (Lipinski definition) is 2. The molecule has 9 atom stereocenters. The summed E-state index contributed by atoms with van der Waals surface area (Å²) < 4.78 is 5.95. The van der Waals surface area contributed by atoms with Gasteiger partial charge >= 0.3 is 5.97 Å². The summed E-state index contributed by atoms with van der Waals surface area (Å²) >= 11 is 0. The highest BCUT2D eigenvalue weighted by Crippen LogP contribution is 2.84. The molecule has 0 heterocycles. The minimum atomic E-state index is -0.250. The van der Waals surface area contributed by atoms with Crippen LogP contribution in [0, 0.1) is 45.8 Å². The summed E-state index contributed by atoms with van der Waals surface area (Å²) in [5.74, 6) is 1.79. The van der Waals surface area contributed by atoms with Crippen LogP contribution in [0.1, 0.15) is 85.5 Å². The van der Waals surface area contributed by atoms with E-state index >= 15 is 0 Å². The molecule has 4 fully saturated rings. The first kappa shape index (κ1) is 28.7. The van der Waals surface area contributed by atoms with Gasteiger partial charge in [-0.3, -0.25) is 19.2 Å². The molecule has 0 saturated heterocycles. The number of rotatable bonds is 7. The van der Waals surface area contributed by atoms with Gasteiger partial charge in [0.15, 0.2) is 11.6 Å². The van der Waals surface area contributed by atoms with Gasteiger partial charge in [0.05, 0.1) is 0 Å². The Labute approximate surface area is 226 Å². The molecule has 5 rings (SSSR count). The first-order valence-electron chi connectivity index (χ1n) is 14.3. The summed E-state index contributed by atoms with van der Waals surface area (Å²) in [5, 5.41) is 16.5. The van der Waals surface area contributed by atoms with Crippen molar-refractivity contribution in [3.63, 3.8) is 0 Å². The van der Waals surface area contributed by atoms with Crippen LogP contribution in [-0.2, 0) is 23.9 Å². The molecule has 210 valence electrons. The summed E-state index contributed by atoms with van der Waals surface area (Å²) in [5.41, 5.74) is 1.30. The highest BCUT2D eigenvalue weighted by atomic mass is 16.5. The molecule has 0 aromatic carbocycles. The smallest absolute Gasteiger partial charge is 0.302 e. The fourth-order valence-corrected chi connectivity index (χ4v) is 9.69. The number of aliphatic hydroxyl groups excluding tert-OH is 1. The Morgan fingerprint density at radius 1 is 1.24 bits per heavy atom. The Kier molecular flexibility index (Phi) is 8.09. The number of carbonyl (C=O) groups is 4. The van der Waals surface area contributed by atoms with E-state index in [0.717, 1.165) is 25.7 Å². The Morgan fingerprint density at radius 3 is 2.58 bits per heavy atom. The maximum absolute atomic E-state index is 13.1. The largest absolute Gasteiger partial charge is 0.483 e. The second kappa shape index (κ2) is 10.7. The SMILES string of the molecule is C/C=C(\C(=O)CCC1C(OC(C)=O)CC2C3CCC4CC(=O)C=CC45CC35CCC12C)C(C)CO.O=CO. The van der Waals surface area contributed by atoms with Crippen molar-refractivity contribution < 1.29 is 34.1 Å². The van der Waals surface area contributed by atoms with Crippen LogP contribution in [0.15, 0.2) is 23.8 Å². The van der Waals surface area contributed by atoms with Crippen molar-refractivity contribution in [2.45, 2.75) is 91.6 Å². The predicted molar refractivity (Wildman–Crippen MR) is 142 cm³/mol. The number of carboxylic acid groups (broad SMARTS) is 1. The molecule has 4 saturated carbocycles. The van der Waals surface area contributed by atoms with Gasteiger partial charge in [0.2, 0.25) is 0 Å². The molecule has 0 aromatic rings. The molecular formula is C31H44O7. The molecule has 0 amide bonds.